The Labute approximate surface area is 282 Å². The van der Waals surface area contributed by atoms with Crippen molar-refractivity contribution in [3.8, 4) is 0 Å². The van der Waals surface area contributed by atoms with Crippen molar-refractivity contribution < 1.29 is 65.4 Å². The summed E-state index contributed by atoms with van der Waals surface area (Å²) in [6.07, 6.45) is 5.51. The molecule has 0 heterocycles. The van der Waals surface area contributed by atoms with Crippen molar-refractivity contribution in [1.82, 2.24) is 0 Å². The van der Waals surface area contributed by atoms with Crippen molar-refractivity contribution in [2.45, 2.75) is 185 Å². The van der Waals surface area contributed by atoms with Gasteiger partial charge in [-0.2, -0.15) is 6.92 Å². The molecule has 0 atom stereocenters. The van der Waals surface area contributed by atoms with E-state index in [1.807, 2.05) is 55.4 Å². The Hall–Kier alpha value is 2.21. The Morgan fingerprint density at radius 3 is 0.657 bits per heavy atom. The molecule has 0 aromatic rings. The van der Waals surface area contributed by atoms with Gasteiger partial charge in [0.1, 0.15) is 0 Å². The van der Waals surface area contributed by atoms with Crippen LogP contribution in [0.15, 0.2) is 0 Å². The van der Waals surface area contributed by atoms with Crippen LogP contribution in [0.3, 0.4) is 0 Å². The maximum atomic E-state index is 3.25. The normalized spacial score (nSPS) is 10.5. The molecule has 1 rings (SSSR count). The Bertz CT molecular complexity index is 232. The molecule has 1 aliphatic rings. The van der Waals surface area contributed by atoms with Crippen LogP contribution in [-0.2, 0) is 65.4 Å². The van der Waals surface area contributed by atoms with Gasteiger partial charge >= 0.3 is 0 Å². The van der Waals surface area contributed by atoms with Crippen molar-refractivity contribution in [2.75, 3.05) is 0 Å². The average Bonchev–Trinajstić information content (AvgIpc) is 3.57. The molecule has 1 fully saturated rings. The van der Waals surface area contributed by atoms with E-state index in [0.29, 0.717) is 16.2 Å². The standard InChI is InChI=1S/C7H16.2C6H14.C4H8.4C2H6.C2H5.2Y/c1-6(2)7(3,4)5;2*1-5-6(2,3)4;1-4-2-3-4;5*1-2;;/h6H,1-5H3;2*5H2,1-4H3;4H,2-3H2,1H3;4*1-2H3;1H2,2H3;;/q;;;;;;;;-1;;. The molecule has 220 valence electrons. The van der Waals surface area contributed by atoms with E-state index in [1.165, 1.54) is 25.7 Å². The Morgan fingerprint density at radius 2 is 0.657 bits per heavy atom. The molecule has 0 saturated heterocycles. The van der Waals surface area contributed by atoms with Gasteiger partial charge in [-0.1, -0.05) is 178 Å². The summed E-state index contributed by atoms with van der Waals surface area (Å²) in [6, 6.07) is 0. The third-order valence-corrected chi connectivity index (χ3v) is 4.72. The van der Waals surface area contributed by atoms with E-state index in [-0.39, 0.29) is 65.4 Å². The summed E-state index contributed by atoms with van der Waals surface area (Å²) in [7, 11) is 0. The minimum Gasteiger partial charge on any atom is -0.346 e. The first-order chi connectivity index (χ1) is 15.0. The van der Waals surface area contributed by atoms with Crippen LogP contribution in [0.4, 0.5) is 0 Å². The number of hydrogen-bond donors (Lipinski definition) is 0. The Balaban J connectivity index is -0.0000000262. The minimum absolute atomic E-state index is 0. The summed E-state index contributed by atoms with van der Waals surface area (Å²) in [5.74, 6) is 1.88. The first kappa shape index (κ1) is 65.9. The predicted molar refractivity (Wildman–Crippen MR) is 169 cm³/mol. The second-order valence-electron chi connectivity index (χ2n) is 11.0. The average molecular weight is 656 g/mol. The molecule has 0 aromatic carbocycles. The van der Waals surface area contributed by atoms with E-state index in [4.69, 9.17) is 0 Å². The van der Waals surface area contributed by atoms with E-state index >= 15 is 0 Å². The largest absolute Gasteiger partial charge is 0.346 e. The first-order valence-electron chi connectivity index (χ1n) is 14.7. The molecule has 0 spiro atoms. The van der Waals surface area contributed by atoms with Gasteiger partial charge in [0, 0.05) is 65.4 Å². The van der Waals surface area contributed by atoms with Gasteiger partial charge < -0.3 is 6.92 Å². The van der Waals surface area contributed by atoms with E-state index in [2.05, 4.69) is 104 Å². The molecule has 0 N–H and O–H groups in total. The summed E-state index contributed by atoms with van der Waals surface area (Å²) >= 11 is 0. The third-order valence-electron chi connectivity index (χ3n) is 4.72. The van der Waals surface area contributed by atoms with Gasteiger partial charge in [0.25, 0.3) is 0 Å². The fourth-order valence-corrected chi connectivity index (χ4v) is 0.167. The van der Waals surface area contributed by atoms with Crippen LogP contribution >= 0.6 is 0 Å². The van der Waals surface area contributed by atoms with Gasteiger partial charge in [-0.25, -0.2) is 0 Å². The quantitative estimate of drug-likeness (QED) is 0.228. The first-order valence-corrected chi connectivity index (χ1v) is 14.7. The van der Waals surface area contributed by atoms with Crippen LogP contribution in [0.25, 0.3) is 0 Å². The van der Waals surface area contributed by atoms with Crippen LogP contribution in [0.1, 0.15) is 185 Å². The molecule has 2 radical (unpaired) electrons. The Kier molecular flexibility index (Phi) is 92.6. The van der Waals surface area contributed by atoms with Crippen LogP contribution in [0.2, 0.25) is 0 Å². The zero-order valence-electron chi connectivity index (χ0n) is 30.3. The topological polar surface area (TPSA) is 0 Å². The monoisotopic (exact) mass is 655 g/mol. The third kappa shape index (κ3) is 143. The maximum absolute atomic E-state index is 3.25. The zero-order valence-corrected chi connectivity index (χ0v) is 36.0. The van der Waals surface area contributed by atoms with Gasteiger partial charge in [0.05, 0.1) is 0 Å². The molecule has 0 amide bonds. The van der Waals surface area contributed by atoms with Crippen molar-refractivity contribution >= 4 is 0 Å². The molecule has 2 heteroatoms. The van der Waals surface area contributed by atoms with Crippen LogP contribution in [0.5, 0.6) is 0 Å². The summed E-state index contributed by atoms with van der Waals surface area (Å²) in [5.41, 5.74) is 1.58. The Morgan fingerprint density at radius 1 is 0.571 bits per heavy atom. The SMILES string of the molecule is CC.CC.CC.CC.CC(C)C(C)(C)C.CC1CC1.CCC(C)(C)C.CCC(C)(C)C.[CH2-]C.[Y].[Y]. The molecule has 0 bridgehead atoms. The molecule has 0 aromatic heterocycles. The van der Waals surface area contributed by atoms with E-state index in [0.717, 1.165) is 11.8 Å². The molecule has 0 nitrogen and oxygen atoms in total. The molecular formula is C33H81Y2-. The molecule has 1 saturated carbocycles. The fourth-order valence-electron chi connectivity index (χ4n) is 0.167. The molecular weight excluding hydrogens is 574 g/mol. The van der Waals surface area contributed by atoms with Gasteiger partial charge in [0.15, 0.2) is 0 Å². The van der Waals surface area contributed by atoms with Crippen molar-refractivity contribution in [3.05, 3.63) is 6.92 Å². The molecule has 35 heavy (non-hydrogen) atoms. The predicted octanol–water partition coefficient (Wildman–Crippen LogP) is 13.9. The van der Waals surface area contributed by atoms with E-state index in [1.54, 1.807) is 6.92 Å². The van der Waals surface area contributed by atoms with Crippen LogP contribution < -0.4 is 0 Å². The van der Waals surface area contributed by atoms with E-state index in [9.17, 15) is 0 Å². The second kappa shape index (κ2) is 49.2. The maximum Gasteiger partial charge on any atom is 0 e. The fraction of sp³-hybridized carbons (Fsp3) is 0.970. The van der Waals surface area contributed by atoms with Crippen LogP contribution in [0, 0.1) is 35.0 Å². The second-order valence-corrected chi connectivity index (χ2v) is 11.0. The molecule has 1 aliphatic carbocycles. The van der Waals surface area contributed by atoms with Gasteiger partial charge in [-0.05, 0) is 28.1 Å². The summed E-state index contributed by atoms with van der Waals surface area (Å²) < 4.78 is 0. The summed E-state index contributed by atoms with van der Waals surface area (Å²) in [6.45, 7) is 52.4. The van der Waals surface area contributed by atoms with Gasteiger partial charge in [-0.15, -0.1) is 0 Å². The molecule has 0 aliphatic heterocycles. The number of rotatable bonds is 0. The summed E-state index contributed by atoms with van der Waals surface area (Å²) in [4.78, 5) is 0. The smallest absolute Gasteiger partial charge is 0 e. The van der Waals surface area contributed by atoms with Crippen molar-refractivity contribution in [3.63, 3.8) is 0 Å². The van der Waals surface area contributed by atoms with Gasteiger partial charge in [-0.3, -0.25) is 0 Å². The van der Waals surface area contributed by atoms with Crippen molar-refractivity contribution in [1.29, 1.82) is 0 Å². The van der Waals surface area contributed by atoms with E-state index < -0.39 is 0 Å². The number of hydrogen-bond acceptors (Lipinski definition) is 0. The molecule has 0 unspecified atom stereocenters. The summed E-state index contributed by atoms with van der Waals surface area (Å²) in [5, 5.41) is 0. The van der Waals surface area contributed by atoms with Crippen molar-refractivity contribution in [2.24, 2.45) is 28.1 Å². The zero-order chi connectivity index (χ0) is 29.5. The van der Waals surface area contributed by atoms with Gasteiger partial charge in [0.2, 0.25) is 0 Å². The minimum atomic E-state index is 0. The van der Waals surface area contributed by atoms with Crippen LogP contribution in [-0.4, -0.2) is 0 Å².